The maximum absolute atomic E-state index is 12.8. The van der Waals surface area contributed by atoms with E-state index < -0.39 is 6.10 Å². The van der Waals surface area contributed by atoms with Gasteiger partial charge in [-0.15, -0.1) is 0 Å². The van der Waals surface area contributed by atoms with E-state index in [-0.39, 0.29) is 25.2 Å². The Kier molecular flexibility index (Phi) is 51.9. The van der Waals surface area contributed by atoms with Crippen molar-refractivity contribution in [1.29, 1.82) is 0 Å². The minimum Gasteiger partial charge on any atom is -0.462 e. The standard InChI is InChI=1S/C59H102O5/c1-4-7-10-13-16-19-22-25-28-29-30-31-33-34-37-40-43-46-49-52-58(60)63-56-57(55-62-54-51-48-45-42-39-36-27-24-21-18-15-12-9-6-3)64-59(61)53-50-47-44-41-38-35-32-26-23-20-17-14-11-8-5-2/h7,10,16,19,25-26,28,30-32,34,37,43,46,57H,4-6,8-9,11-15,17-18,20-24,27,29,33,35-36,38-42,44-45,47-56H2,1-3H3/b10-7-,19-16-,28-25-,31-30-,32-26-,37-34-,46-43-. The zero-order valence-electron chi connectivity index (χ0n) is 42.3. The van der Waals surface area contributed by atoms with Gasteiger partial charge in [0.25, 0.3) is 0 Å². The summed E-state index contributed by atoms with van der Waals surface area (Å²) in [6, 6.07) is 0. The number of carbonyl (C=O) groups is 2. The number of unbranched alkanes of at least 4 members (excludes halogenated alkanes) is 24. The Morgan fingerprint density at radius 3 is 1.19 bits per heavy atom. The summed E-state index contributed by atoms with van der Waals surface area (Å²) < 4.78 is 17.4. The summed E-state index contributed by atoms with van der Waals surface area (Å²) in [5.41, 5.74) is 0. The number of ether oxygens (including phenoxy) is 3. The molecule has 1 unspecified atom stereocenters. The molecule has 0 spiro atoms. The Morgan fingerprint density at radius 2 is 0.734 bits per heavy atom. The molecule has 0 amide bonds. The van der Waals surface area contributed by atoms with Crippen LogP contribution in [0.4, 0.5) is 0 Å². The number of esters is 2. The molecule has 0 aliphatic carbocycles. The predicted molar refractivity (Wildman–Crippen MR) is 279 cm³/mol. The van der Waals surface area contributed by atoms with Crippen LogP contribution in [0.3, 0.4) is 0 Å². The minimum atomic E-state index is -0.572. The SMILES string of the molecule is CC/C=C\C/C=C\C/C=C\C/C=C\C/C=C\C/C=C\CCC(=O)OCC(COCCCCCCCCCCCCCCCC)OC(=O)CCCCCCC/C=C\CCCCCCCC. The van der Waals surface area contributed by atoms with Crippen LogP contribution >= 0.6 is 0 Å². The van der Waals surface area contributed by atoms with E-state index in [0.717, 1.165) is 77.0 Å². The molecule has 0 rings (SSSR count). The summed E-state index contributed by atoms with van der Waals surface area (Å²) in [7, 11) is 0. The second-order valence-electron chi connectivity index (χ2n) is 17.8. The molecule has 0 bridgehead atoms. The van der Waals surface area contributed by atoms with Crippen molar-refractivity contribution in [3.05, 3.63) is 85.1 Å². The average molecular weight is 891 g/mol. The molecule has 0 saturated heterocycles. The highest BCUT2D eigenvalue weighted by Gasteiger charge is 2.17. The van der Waals surface area contributed by atoms with Crippen LogP contribution in [0.5, 0.6) is 0 Å². The van der Waals surface area contributed by atoms with Crippen LogP contribution in [0.25, 0.3) is 0 Å². The van der Waals surface area contributed by atoms with Crippen molar-refractivity contribution >= 4 is 11.9 Å². The third-order valence-electron chi connectivity index (χ3n) is 11.4. The van der Waals surface area contributed by atoms with E-state index in [1.54, 1.807) is 0 Å². The van der Waals surface area contributed by atoms with Crippen molar-refractivity contribution < 1.29 is 23.8 Å². The Morgan fingerprint density at radius 1 is 0.359 bits per heavy atom. The lowest BCUT2D eigenvalue weighted by Crippen LogP contribution is -2.30. The van der Waals surface area contributed by atoms with Gasteiger partial charge in [0.1, 0.15) is 6.61 Å². The van der Waals surface area contributed by atoms with E-state index in [2.05, 4.69) is 99.8 Å². The summed E-state index contributed by atoms with van der Waals surface area (Å²) in [5, 5.41) is 0. The van der Waals surface area contributed by atoms with Gasteiger partial charge < -0.3 is 14.2 Å². The molecule has 5 nitrogen and oxygen atoms in total. The van der Waals surface area contributed by atoms with Crippen LogP contribution in [0, 0.1) is 0 Å². The van der Waals surface area contributed by atoms with Crippen molar-refractivity contribution in [2.24, 2.45) is 0 Å². The van der Waals surface area contributed by atoms with Gasteiger partial charge in [0.05, 0.1) is 6.61 Å². The first-order valence-corrected chi connectivity index (χ1v) is 27.1. The molecular formula is C59H102O5. The Labute approximate surface area is 397 Å². The first kappa shape index (κ1) is 61.1. The third kappa shape index (κ3) is 51.7. The second kappa shape index (κ2) is 54.4. The number of allylic oxidation sites excluding steroid dienone is 14. The molecule has 0 N–H and O–H groups in total. The first-order chi connectivity index (χ1) is 31.6. The van der Waals surface area contributed by atoms with Gasteiger partial charge in [-0.3, -0.25) is 9.59 Å². The van der Waals surface area contributed by atoms with E-state index in [9.17, 15) is 9.59 Å². The highest BCUT2D eigenvalue weighted by Crippen LogP contribution is 2.14. The molecule has 0 aromatic carbocycles. The lowest BCUT2D eigenvalue weighted by Gasteiger charge is -2.18. The zero-order valence-corrected chi connectivity index (χ0v) is 42.3. The monoisotopic (exact) mass is 891 g/mol. The second-order valence-corrected chi connectivity index (χ2v) is 17.8. The number of rotatable bonds is 49. The van der Waals surface area contributed by atoms with Crippen LogP contribution in [0.15, 0.2) is 85.1 Å². The molecule has 0 aliphatic rings. The van der Waals surface area contributed by atoms with Crippen LogP contribution < -0.4 is 0 Å². The highest BCUT2D eigenvalue weighted by atomic mass is 16.6. The largest absolute Gasteiger partial charge is 0.462 e. The third-order valence-corrected chi connectivity index (χ3v) is 11.4. The van der Waals surface area contributed by atoms with E-state index in [4.69, 9.17) is 14.2 Å². The predicted octanol–water partition coefficient (Wildman–Crippen LogP) is 18.5. The Hall–Kier alpha value is -2.92. The van der Waals surface area contributed by atoms with E-state index in [1.807, 2.05) is 6.08 Å². The van der Waals surface area contributed by atoms with Crippen molar-refractivity contribution in [3.8, 4) is 0 Å². The molecule has 64 heavy (non-hydrogen) atoms. The van der Waals surface area contributed by atoms with Crippen LogP contribution in [-0.4, -0.2) is 37.9 Å². The van der Waals surface area contributed by atoms with Crippen molar-refractivity contribution in [2.75, 3.05) is 19.8 Å². The Bertz CT molecular complexity index is 1190. The van der Waals surface area contributed by atoms with Gasteiger partial charge in [-0.05, 0) is 83.5 Å². The number of carbonyl (C=O) groups excluding carboxylic acids is 2. The molecule has 0 aromatic heterocycles. The van der Waals surface area contributed by atoms with Gasteiger partial charge in [0.15, 0.2) is 6.10 Å². The minimum absolute atomic E-state index is 0.0411. The maximum atomic E-state index is 12.8. The fourth-order valence-electron chi connectivity index (χ4n) is 7.41. The van der Waals surface area contributed by atoms with Gasteiger partial charge in [0.2, 0.25) is 0 Å². The van der Waals surface area contributed by atoms with Gasteiger partial charge in [-0.2, -0.15) is 0 Å². The van der Waals surface area contributed by atoms with E-state index >= 15 is 0 Å². The molecule has 0 heterocycles. The molecule has 0 saturated carbocycles. The van der Waals surface area contributed by atoms with Crippen molar-refractivity contribution in [3.63, 3.8) is 0 Å². The van der Waals surface area contributed by atoms with Crippen LogP contribution in [-0.2, 0) is 23.8 Å². The molecule has 5 heteroatoms. The topological polar surface area (TPSA) is 61.8 Å². The fraction of sp³-hybridized carbons (Fsp3) is 0.729. The molecule has 0 radical (unpaired) electrons. The van der Waals surface area contributed by atoms with Gasteiger partial charge in [-0.1, -0.05) is 241 Å². The van der Waals surface area contributed by atoms with Crippen molar-refractivity contribution in [2.45, 2.75) is 258 Å². The lowest BCUT2D eigenvalue weighted by molar-refractivity contribution is -0.162. The number of hydrogen-bond acceptors (Lipinski definition) is 5. The molecule has 0 aromatic rings. The van der Waals surface area contributed by atoms with Crippen LogP contribution in [0.1, 0.15) is 252 Å². The molecule has 368 valence electrons. The van der Waals surface area contributed by atoms with Gasteiger partial charge in [0, 0.05) is 19.4 Å². The average Bonchev–Trinajstić information content (AvgIpc) is 3.30. The summed E-state index contributed by atoms with van der Waals surface area (Å²) >= 11 is 0. The lowest BCUT2D eigenvalue weighted by atomic mass is 10.0. The summed E-state index contributed by atoms with van der Waals surface area (Å²) in [5.74, 6) is -0.499. The Balaban J connectivity index is 4.39. The smallest absolute Gasteiger partial charge is 0.306 e. The van der Waals surface area contributed by atoms with E-state index in [0.29, 0.717) is 25.9 Å². The highest BCUT2D eigenvalue weighted by molar-refractivity contribution is 5.70. The van der Waals surface area contributed by atoms with Crippen molar-refractivity contribution in [1.82, 2.24) is 0 Å². The van der Waals surface area contributed by atoms with Gasteiger partial charge >= 0.3 is 11.9 Å². The summed E-state index contributed by atoms with van der Waals surface area (Å²) in [4.78, 5) is 25.4. The number of hydrogen-bond donors (Lipinski definition) is 0. The molecule has 0 fully saturated rings. The molecule has 1 atom stereocenters. The fourth-order valence-corrected chi connectivity index (χ4v) is 7.41. The first-order valence-electron chi connectivity index (χ1n) is 27.1. The zero-order chi connectivity index (χ0) is 46.3. The van der Waals surface area contributed by atoms with E-state index in [1.165, 1.54) is 135 Å². The summed E-state index contributed by atoms with van der Waals surface area (Å²) in [6.45, 7) is 7.64. The molecular weight excluding hydrogens is 789 g/mol. The maximum Gasteiger partial charge on any atom is 0.306 e. The van der Waals surface area contributed by atoms with Gasteiger partial charge in [-0.25, -0.2) is 0 Å². The molecule has 0 aliphatic heterocycles. The van der Waals surface area contributed by atoms with Crippen LogP contribution in [0.2, 0.25) is 0 Å². The summed E-state index contributed by atoms with van der Waals surface area (Å²) in [6.07, 6.45) is 71.8. The normalized spacial score (nSPS) is 12.9. The quantitative estimate of drug-likeness (QED) is 0.0346.